The van der Waals surface area contributed by atoms with E-state index in [0.29, 0.717) is 17.8 Å². The number of benzene rings is 3. The molecule has 6 rings (SSSR count). The zero-order valence-electron chi connectivity index (χ0n) is 14.6. The topological polar surface area (TPSA) is 0 Å². The van der Waals surface area contributed by atoms with Crippen molar-refractivity contribution in [3.63, 3.8) is 0 Å². The van der Waals surface area contributed by atoms with Crippen molar-refractivity contribution in [2.45, 2.75) is 26.9 Å². The van der Waals surface area contributed by atoms with Crippen LogP contribution in [-0.2, 0) is 15.6 Å². The van der Waals surface area contributed by atoms with Gasteiger partial charge in [0.2, 0.25) is 0 Å². The summed E-state index contributed by atoms with van der Waals surface area (Å²) in [6.45, 7) is 0. The minimum absolute atomic E-state index is 0.0686. The molecule has 0 amide bonds. The Labute approximate surface area is 157 Å². The van der Waals surface area contributed by atoms with Crippen LogP contribution < -0.4 is 0 Å². The van der Waals surface area contributed by atoms with Crippen LogP contribution in [0.25, 0.3) is 0 Å². The number of allylic oxidation sites excluding steroid dienone is 2. The Kier molecular flexibility index (Phi) is 3.07. The SMILES string of the molecule is C1=C[C@H]2C[C@@H]1[C@]1(c3ccccc3)[C@H]2c2ccccc2[S+]1c1ccccc1. The van der Waals surface area contributed by atoms with E-state index in [1.54, 1.807) is 10.5 Å². The molecule has 1 heteroatoms. The highest BCUT2D eigenvalue weighted by Gasteiger charge is 2.73. The Morgan fingerprint density at radius 3 is 2.23 bits per heavy atom. The molecule has 2 bridgehead atoms. The van der Waals surface area contributed by atoms with E-state index in [1.807, 2.05) is 0 Å². The van der Waals surface area contributed by atoms with Crippen LogP contribution in [0.2, 0.25) is 0 Å². The van der Waals surface area contributed by atoms with Gasteiger partial charge in [0.25, 0.3) is 0 Å². The molecule has 2 aliphatic carbocycles. The van der Waals surface area contributed by atoms with Crippen LogP contribution in [0.1, 0.15) is 23.5 Å². The molecule has 0 saturated heterocycles. The Balaban J connectivity index is 1.70. The summed E-state index contributed by atoms with van der Waals surface area (Å²) in [6.07, 6.45) is 6.35. The summed E-state index contributed by atoms with van der Waals surface area (Å²) in [5, 5.41) is 0. The largest absolute Gasteiger partial charge is 0.177 e. The average molecular weight is 354 g/mol. The highest BCUT2D eigenvalue weighted by molar-refractivity contribution is 7.98. The lowest BCUT2D eigenvalue weighted by atomic mass is 9.74. The van der Waals surface area contributed by atoms with Crippen LogP contribution in [-0.4, -0.2) is 0 Å². The second-order valence-corrected chi connectivity index (χ2v) is 9.88. The zero-order valence-corrected chi connectivity index (χ0v) is 15.4. The summed E-state index contributed by atoms with van der Waals surface area (Å²) in [4.78, 5) is 3.07. The minimum atomic E-state index is 0.0686. The Bertz CT molecular complexity index is 991. The van der Waals surface area contributed by atoms with Crippen molar-refractivity contribution in [1.82, 2.24) is 0 Å². The fourth-order valence-electron chi connectivity index (χ4n) is 5.78. The van der Waals surface area contributed by atoms with E-state index in [1.165, 1.54) is 16.9 Å². The summed E-state index contributed by atoms with van der Waals surface area (Å²) < 4.78 is 0.186. The van der Waals surface area contributed by atoms with E-state index in [4.69, 9.17) is 0 Å². The lowest BCUT2D eigenvalue weighted by Crippen LogP contribution is -2.40. The van der Waals surface area contributed by atoms with E-state index in [-0.39, 0.29) is 15.6 Å². The van der Waals surface area contributed by atoms with Crippen molar-refractivity contribution in [2.75, 3.05) is 0 Å². The molecule has 0 N–H and O–H groups in total. The summed E-state index contributed by atoms with van der Waals surface area (Å²) in [7, 11) is 0.0686. The van der Waals surface area contributed by atoms with Crippen molar-refractivity contribution >= 4 is 10.9 Å². The molecule has 1 heterocycles. The third-order valence-electron chi connectivity index (χ3n) is 6.57. The minimum Gasteiger partial charge on any atom is -0.0841 e. The summed E-state index contributed by atoms with van der Waals surface area (Å²) in [6, 6.07) is 31.9. The maximum absolute atomic E-state index is 2.53. The van der Waals surface area contributed by atoms with Gasteiger partial charge in [-0.25, -0.2) is 0 Å². The van der Waals surface area contributed by atoms with Gasteiger partial charge in [-0.05, 0) is 30.5 Å². The van der Waals surface area contributed by atoms with Gasteiger partial charge in [0, 0.05) is 17.0 Å². The van der Waals surface area contributed by atoms with Crippen molar-refractivity contribution in [3.8, 4) is 0 Å². The van der Waals surface area contributed by atoms with Gasteiger partial charge in [-0.2, -0.15) is 0 Å². The van der Waals surface area contributed by atoms with Crippen molar-refractivity contribution in [1.29, 1.82) is 0 Å². The number of fused-ring (bicyclic) bond motifs is 7. The first-order valence-corrected chi connectivity index (χ1v) is 10.8. The molecule has 0 aromatic heterocycles. The quantitative estimate of drug-likeness (QED) is 0.396. The Hall–Kier alpha value is -2.25. The smallest absolute Gasteiger partial charge is 0.0841 e. The van der Waals surface area contributed by atoms with Gasteiger partial charge in [-0.15, -0.1) is 0 Å². The highest BCUT2D eigenvalue weighted by Crippen LogP contribution is 2.71. The molecular formula is C25H21S+. The standard InChI is InChI=1S/C25H21S/c1-3-9-19(10-4-1)25-20-16-15-18(17-20)24(25)22-13-7-8-14-23(22)26(25)21-11-5-2-6-12-21/h1-16,18,20,24H,17H2/q+1/t18-,20+,24+,25+,26?/m0/s1. The molecule has 1 saturated carbocycles. The van der Waals surface area contributed by atoms with Crippen molar-refractivity contribution in [3.05, 3.63) is 108 Å². The molecule has 1 fully saturated rings. The van der Waals surface area contributed by atoms with Crippen LogP contribution in [0.3, 0.4) is 0 Å². The lowest BCUT2D eigenvalue weighted by molar-refractivity contribution is 0.465. The predicted octanol–water partition coefficient (Wildman–Crippen LogP) is 5.92. The van der Waals surface area contributed by atoms with E-state index in [9.17, 15) is 0 Å². The van der Waals surface area contributed by atoms with Gasteiger partial charge in [-0.3, -0.25) is 0 Å². The van der Waals surface area contributed by atoms with E-state index >= 15 is 0 Å². The highest BCUT2D eigenvalue weighted by atomic mass is 32.2. The van der Waals surface area contributed by atoms with Crippen molar-refractivity contribution in [2.24, 2.45) is 11.8 Å². The first-order chi connectivity index (χ1) is 12.9. The van der Waals surface area contributed by atoms with Gasteiger partial charge < -0.3 is 0 Å². The third kappa shape index (κ3) is 1.72. The van der Waals surface area contributed by atoms with Crippen LogP contribution >= 0.6 is 0 Å². The van der Waals surface area contributed by atoms with Gasteiger partial charge >= 0.3 is 0 Å². The number of rotatable bonds is 2. The van der Waals surface area contributed by atoms with Crippen LogP contribution in [0.4, 0.5) is 0 Å². The number of hydrogen-bond donors (Lipinski definition) is 0. The molecule has 0 nitrogen and oxygen atoms in total. The molecule has 5 atom stereocenters. The fourth-order valence-corrected chi connectivity index (χ4v) is 9.26. The molecular weight excluding hydrogens is 332 g/mol. The van der Waals surface area contributed by atoms with E-state index in [0.717, 1.165) is 0 Å². The maximum atomic E-state index is 2.53. The summed E-state index contributed by atoms with van der Waals surface area (Å²) in [5.41, 5.74) is 3.13. The Morgan fingerprint density at radius 1 is 0.731 bits per heavy atom. The third-order valence-corrected chi connectivity index (χ3v) is 9.60. The van der Waals surface area contributed by atoms with Gasteiger partial charge in [-0.1, -0.05) is 78.9 Å². The van der Waals surface area contributed by atoms with Gasteiger partial charge in [0.1, 0.15) is 0 Å². The van der Waals surface area contributed by atoms with E-state index in [2.05, 4.69) is 97.1 Å². The van der Waals surface area contributed by atoms with Gasteiger partial charge in [0.05, 0.1) is 16.8 Å². The molecule has 126 valence electrons. The maximum Gasteiger partial charge on any atom is 0.177 e. The Morgan fingerprint density at radius 2 is 1.42 bits per heavy atom. The molecule has 3 aromatic carbocycles. The van der Waals surface area contributed by atoms with Crippen molar-refractivity contribution < 1.29 is 0 Å². The first kappa shape index (κ1) is 14.9. The molecule has 0 spiro atoms. The lowest BCUT2D eigenvalue weighted by Gasteiger charge is -2.35. The molecule has 0 radical (unpaired) electrons. The molecule has 26 heavy (non-hydrogen) atoms. The van der Waals surface area contributed by atoms with Crippen LogP contribution in [0, 0.1) is 11.8 Å². The summed E-state index contributed by atoms with van der Waals surface area (Å²) in [5.74, 6) is 1.93. The van der Waals surface area contributed by atoms with Crippen LogP contribution in [0.5, 0.6) is 0 Å². The summed E-state index contributed by atoms with van der Waals surface area (Å²) >= 11 is 0. The second kappa shape index (κ2) is 5.37. The van der Waals surface area contributed by atoms with E-state index < -0.39 is 0 Å². The number of hydrogen-bond acceptors (Lipinski definition) is 0. The zero-order chi connectivity index (χ0) is 17.1. The average Bonchev–Trinajstić information content (AvgIpc) is 3.39. The monoisotopic (exact) mass is 353 g/mol. The van der Waals surface area contributed by atoms with Crippen LogP contribution in [0.15, 0.2) is 107 Å². The van der Waals surface area contributed by atoms with Gasteiger partial charge in [0.15, 0.2) is 14.5 Å². The fraction of sp³-hybridized carbons (Fsp3) is 0.200. The molecule has 3 aliphatic rings. The second-order valence-electron chi connectivity index (χ2n) is 7.68. The normalized spacial score (nSPS) is 33.2. The molecule has 3 aromatic rings. The predicted molar refractivity (Wildman–Crippen MR) is 108 cm³/mol. The molecule has 1 unspecified atom stereocenters. The molecule has 1 aliphatic heterocycles. The first-order valence-electron chi connectivity index (χ1n) is 9.53.